The number of methoxy groups -OCH3 is 2. The molecule has 0 amide bonds. The molecule has 2 rings (SSSR count). The van der Waals surface area contributed by atoms with Crippen molar-refractivity contribution in [3.8, 4) is 0 Å². The number of ether oxygens (including phenoxy) is 2. The third-order valence-electron chi connectivity index (χ3n) is 7.18. The Labute approximate surface area is 193 Å². The second-order valence-electron chi connectivity index (χ2n) is 10.0. The number of rotatable bonds is 15. The van der Waals surface area contributed by atoms with E-state index < -0.39 is 0 Å². The van der Waals surface area contributed by atoms with Crippen LogP contribution in [-0.4, -0.2) is 125 Å². The van der Waals surface area contributed by atoms with Crippen LogP contribution in [0.2, 0.25) is 0 Å². The number of unbranched alkanes of at least 4 members (excludes halogenated alkanes) is 2. The van der Waals surface area contributed by atoms with Crippen molar-refractivity contribution >= 4 is 0 Å². The zero-order valence-corrected chi connectivity index (χ0v) is 21.4. The summed E-state index contributed by atoms with van der Waals surface area (Å²) in [5, 5.41) is 0. The molecule has 2 fully saturated rings. The summed E-state index contributed by atoms with van der Waals surface area (Å²) < 4.78 is 10.9. The first kappa shape index (κ1) is 27.0. The summed E-state index contributed by atoms with van der Waals surface area (Å²) in [5.74, 6) is 0.806. The summed E-state index contributed by atoms with van der Waals surface area (Å²) in [6.07, 6.45) is 6.63. The van der Waals surface area contributed by atoms with Crippen molar-refractivity contribution in [1.29, 1.82) is 0 Å². The normalized spacial score (nSPS) is 25.0. The molecule has 184 valence electrons. The van der Waals surface area contributed by atoms with Gasteiger partial charge in [0.2, 0.25) is 0 Å². The Hall–Kier alpha value is -0.240. The van der Waals surface area contributed by atoms with Gasteiger partial charge in [0.15, 0.2) is 0 Å². The molecule has 0 aromatic carbocycles. The van der Waals surface area contributed by atoms with Crippen molar-refractivity contribution in [2.75, 3.05) is 92.9 Å². The molecular weight excluding hydrogens is 388 g/mol. The van der Waals surface area contributed by atoms with Gasteiger partial charge in [-0.15, -0.1) is 0 Å². The zero-order valence-electron chi connectivity index (χ0n) is 21.4. The fourth-order valence-corrected chi connectivity index (χ4v) is 5.22. The average molecular weight is 441 g/mol. The second kappa shape index (κ2) is 15.6. The highest BCUT2D eigenvalue weighted by molar-refractivity contribution is 4.96. The van der Waals surface area contributed by atoms with Crippen molar-refractivity contribution in [2.24, 2.45) is 5.92 Å². The molecule has 0 bridgehead atoms. The monoisotopic (exact) mass is 440 g/mol. The van der Waals surface area contributed by atoms with Crippen LogP contribution >= 0.6 is 0 Å². The molecule has 2 saturated heterocycles. The first-order valence-corrected chi connectivity index (χ1v) is 13.0. The van der Waals surface area contributed by atoms with E-state index in [2.05, 4.69) is 40.4 Å². The van der Waals surface area contributed by atoms with Crippen molar-refractivity contribution in [3.63, 3.8) is 0 Å². The van der Waals surface area contributed by atoms with Gasteiger partial charge in [-0.2, -0.15) is 0 Å². The number of piperazine rings is 2. The van der Waals surface area contributed by atoms with Gasteiger partial charge >= 0.3 is 0 Å². The minimum Gasteiger partial charge on any atom is -0.383 e. The number of hydrogen-bond donors (Lipinski definition) is 0. The van der Waals surface area contributed by atoms with Crippen LogP contribution in [0.25, 0.3) is 0 Å². The van der Waals surface area contributed by atoms with Gasteiger partial charge in [-0.1, -0.05) is 33.6 Å². The van der Waals surface area contributed by atoms with Crippen molar-refractivity contribution in [1.82, 2.24) is 19.6 Å². The molecule has 0 radical (unpaired) electrons. The third kappa shape index (κ3) is 9.65. The van der Waals surface area contributed by atoms with E-state index in [1.54, 1.807) is 0 Å². The Morgan fingerprint density at radius 3 is 1.87 bits per heavy atom. The highest BCUT2D eigenvalue weighted by atomic mass is 16.5. The summed E-state index contributed by atoms with van der Waals surface area (Å²) >= 11 is 0. The maximum absolute atomic E-state index is 5.48. The van der Waals surface area contributed by atoms with Crippen LogP contribution in [0.4, 0.5) is 0 Å². The quantitative estimate of drug-likeness (QED) is 0.364. The van der Waals surface area contributed by atoms with Crippen LogP contribution in [0.3, 0.4) is 0 Å². The number of hydrogen-bond acceptors (Lipinski definition) is 6. The minimum atomic E-state index is 0.593. The topological polar surface area (TPSA) is 31.4 Å². The lowest BCUT2D eigenvalue weighted by Gasteiger charge is -2.51. The lowest BCUT2D eigenvalue weighted by atomic mass is 9.97. The minimum absolute atomic E-state index is 0.593. The summed E-state index contributed by atoms with van der Waals surface area (Å²) in [4.78, 5) is 10.9. The van der Waals surface area contributed by atoms with Crippen LogP contribution in [0.1, 0.15) is 52.9 Å². The highest BCUT2D eigenvalue weighted by Gasteiger charge is 2.38. The van der Waals surface area contributed by atoms with E-state index in [0.29, 0.717) is 12.1 Å². The standard InChI is InChI=1S/C25H52N4O2/c1-6-7-8-12-28-15-14-27(17-19-30-4)22-24(28)25-21-26(11-9-10-23(2)3)13-16-29(25)18-20-31-5/h23-25H,6-22H2,1-5H3. The Kier molecular flexibility index (Phi) is 13.6. The molecule has 0 saturated carbocycles. The second-order valence-corrected chi connectivity index (χ2v) is 10.0. The van der Waals surface area contributed by atoms with Crippen LogP contribution in [0.5, 0.6) is 0 Å². The summed E-state index contributed by atoms with van der Waals surface area (Å²) in [5.41, 5.74) is 0. The summed E-state index contributed by atoms with van der Waals surface area (Å²) in [6, 6.07) is 1.20. The highest BCUT2D eigenvalue weighted by Crippen LogP contribution is 2.22. The van der Waals surface area contributed by atoms with Gasteiger partial charge in [-0.3, -0.25) is 14.7 Å². The van der Waals surface area contributed by atoms with E-state index in [9.17, 15) is 0 Å². The Bertz CT molecular complexity index is 451. The van der Waals surface area contributed by atoms with Crippen molar-refractivity contribution in [2.45, 2.75) is 65.0 Å². The molecule has 2 unspecified atom stereocenters. The molecule has 6 nitrogen and oxygen atoms in total. The molecule has 0 N–H and O–H groups in total. The molecule has 0 aromatic rings. The molecule has 6 heteroatoms. The molecule has 0 spiro atoms. The fraction of sp³-hybridized carbons (Fsp3) is 1.00. The van der Waals surface area contributed by atoms with Crippen molar-refractivity contribution in [3.05, 3.63) is 0 Å². The molecule has 0 aliphatic carbocycles. The van der Waals surface area contributed by atoms with Gasteiger partial charge in [0, 0.05) is 78.7 Å². The van der Waals surface area contributed by atoms with E-state index >= 15 is 0 Å². The van der Waals surface area contributed by atoms with Gasteiger partial charge in [0.1, 0.15) is 0 Å². The molecule has 2 aliphatic rings. The molecule has 2 heterocycles. The average Bonchev–Trinajstić information content (AvgIpc) is 2.77. The smallest absolute Gasteiger partial charge is 0.0589 e. The summed E-state index contributed by atoms with van der Waals surface area (Å²) in [6.45, 7) is 20.4. The Morgan fingerprint density at radius 2 is 1.29 bits per heavy atom. The van der Waals surface area contributed by atoms with Crippen LogP contribution in [0.15, 0.2) is 0 Å². The summed E-state index contributed by atoms with van der Waals surface area (Å²) in [7, 11) is 3.66. The van der Waals surface area contributed by atoms with Gasteiger partial charge in [0.05, 0.1) is 13.2 Å². The SMILES string of the molecule is CCCCCN1CCN(CCOC)CC1C1CN(CCCC(C)C)CCN1CCOC. The lowest BCUT2D eigenvalue weighted by molar-refractivity contribution is -0.0320. The molecule has 31 heavy (non-hydrogen) atoms. The van der Waals surface area contributed by atoms with E-state index in [-0.39, 0.29) is 0 Å². The van der Waals surface area contributed by atoms with E-state index in [4.69, 9.17) is 9.47 Å². The predicted octanol–water partition coefficient (Wildman–Crippen LogP) is 2.88. The maximum atomic E-state index is 5.48. The third-order valence-corrected chi connectivity index (χ3v) is 7.18. The zero-order chi connectivity index (χ0) is 22.5. The van der Waals surface area contributed by atoms with E-state index in [1.165, 1.54) is 84.5 Å². The van der Waals surface area contributed by atoms with Gasteiger partial charge in [-0.05, 0) is 38.3 Å². The van der Waals surface area contributed by atoms with Gasteiger partial charge in [-0.25, -0.2) is 0 Å². The lowest BCUT2D eigenvalue weighted by Crippen LogP contribution is -2.67. The number of nitrogens with zero attached hydrogens (tertiary/aromatic N) is 4. The predicted molar refractivity (Wildman–Crippen MR) is 131 cm³/mol. The van der Waals surface area contributed by atoms with E-state index in [0.717, 1.165) is 32.2 Å². The Balaban J connectivity index is 2.08. The first-order valence-electron chi connectivity index (χ1n) is 13.0. The Morgan fingerprint density at radius 1 is 0.710 bits per heavy atom. The molecular formula is C25H52N4O2. The van der Waals surface area contributed by atoms with Gasteiger partial charge < -0.3 is 14.4 Å². The van der Waals surface area contributed by atoms with Crippen LogP contribution in [0, 0.1) is 5.92 Å². The van der Waals surface area contributed by atoms with Crippen LogP contribution < -0.4 is 0 Å². The van der Waals surface area contributed by atoms with E-state index in [1.807, 2.05) is 14.2 Å². The molecule has 2 aliphatic heterocycles. The first-order chi connectivity index (χ1) is 15.1. The van der Waals surface area contributed by atoms with Gasteiger partial charge in [0.25, 0.3) is 0 Å². The molecule has 0 aromatic heterocycles. The molecule has 2 atom stereocenters. The fourth-order valence-electron chi connectivity index (χ4n) is 5.22. The van der Waals surface area contributed by atoms with Crippen molar-refractivity contribution < 1.29 is 9.47 Å². The largest absolute Gasteiger partial charge is 0.383 e. The van der Waals surface area contributed by atoms with Crippen LogP contribution in [-0.2, 0) is 9.47 Å². The maximum Gasteiger partial charge on any atom is 0.0589 e.